The molecule has 0 fully saturated rings. The van der Waals surface area contributed by atoms with Gasteiger partial charge in [0.15, 0.2) is 0 Å². The Morgan fingerprint density at radius 3 is 2.42 bits per heavy atom. The monoisotopic (exact) mass is 162 g/mol. The van der Waals surface area contributed by atoms with Gasteiger partial charge in [-0.3, -0.25) is 0 Å². The zero-order valence-electron chi connectivity index (χ0n) is 8.46. The maximum Gasteiger partial charge on any atom is -0.00702 e. The molecule has 66 valence electrons. The van der Waals surface area contributed by atoms with Crippen LogP contribution < -0.4 is 0 Å². The van der Waals surface area contributed by atoms with E-state index in [2.05, 4.69) is 52.0 Å². The van der Waals surface area contributed by atoms with Crippen LogP contribution in [0.15, 0.2) is 35.5 Å². The first-order valence-corrected chi connectivity index (χ1v) is 4.68. The summed E-state index contributed by atoms with van der Waals surface area (Å²) in [5.41, 5.74) is 2.82. The van der Waals surface area contributed by atoms with Gasteiger partial charge in [0.25, 0.3) is 0 Å². The summed E-state index contributed by atoms with van der Waals surface area (Å²) in [6, 6.07) is 0. The molecule has 0 bridgehead atoms. The Hall–Kier alpha value is -0.780. The molecule has 0 saturated heterocycles. The van der Waals surface area contributed by atoms with Gasteiger partial charge in [0, 0.05) is 0 Å². The predicted octanol–water partition coefficient (Wildman–Crippen LogP) is 3.72. The number of hydrogen-bond acceptors (Lipinski definition) is 0. The van der Waals surface area contributed by atoms with E-state index in [0.29, 0.717) is 11.8 Å². The molecular formula is C12H18. The third kappa shape index (κ3) is 2.37. The van der Waals surface area contributed by atoms with Crippen LogP contribution in [0.4, 0.5) is 0 Å². The van der Waals surface area contributed by atoms with Gasteiger partial charge in [-0.25, -0.2) is 0 Å². The van der Waals surface area contributed by atoms with E-state index in [4.69, 9.17) is 0 Å². The lowest BCUT2D eigenvalue weighted by Gasteiger charge is -2.06. The van der Waals surface area contributed by atoms with E-state index in [0.717, 1.165) is 0 Å². The van der Waals surface area contributed by atoms with Crippen LogP contribution in [0.1, 0.15) is 27.7 Å². The van der Waals surface area contributed by atoms with Crippen LogP contribution in [0.25, 0.3) is 0 Å². The van der Waals surface area contributed by atoms with Gasteiger partial charge in [-0.2, -0.15) is 0 Å². The first kappa shape index (κ1) is 9.31. The van der Waals surface area contributed by atoms with Crippen LogP contribution >= 0.6 is 0 Å². The maximum atomic E-state index is 2.34. The lowest BCUT2D eigenvalue weighted by molar-refractivity contribution is 0.773. The quantitative estimate of drug-likeness (QED) is 0.551. The molecule has 0 amide bonds. The summed E-state index contributed by atoms with van der Waals surface area (Å²) in [6.45, 7) is 8.87. The topological polar surface area (TPSA) is 0 Å². The fraction of sp³-hybridized carbons (Fsp3) is 0.500. The van der Waals surface area contributed by atoms with Crippen molar-refractivity contribution in [3.63, 3.8) is 0 Å². The van der Waals surface area contributed by atoms with E-state index in [-0.39, 0.29) is 0 Å². The van der Waals surface area contributed by atoms with E-state index in [9.17, 15) is 0 Å². The fourth-order valence-corrected chi connectivity index (χ4v) is 1.49. The van der Waals surface area contributed by atoms with E-state index in [1.165, 1.54) is 11.1 Å². The summed E-state index contributed by atoms with van der Waals surface area (Å²) in [7, 11) is 0. The van der Waals surface area contributed by atoms with Crippen molar-refractivity contribution in [1.82, 2.24) is 0 Å². The minimum Gasteiger partial charge on any atom is -0.0749 e. The van der Waals surface area contributed by atoms with Crippen LogP contribution in [0, 0.1) is 11.8 Å². The Morgan fingerprint density at radius 2 is 1.83 bits per heavy atom. The summed E-state index contributed by atoms with van der Waals surface area (Å²) < 4.78 is 0. The van der Waals surface area contributed by atoms with Crippen LogP contribution in [-0.2, 0) is 0 Å². The lowest BCUT2D eigenvalue weighted by atomic mass is 9.99. The van der Waals surface area contributed by atoms with Crippen molar-refractivity contribution >= 4 is 0 Å². The zero-order chi connectivity index (χ0) is 9.14. The largest absolute Gasteiger partial charge is 0.0749 e. The van der Waals surface area contributed by atoms with Gasteiger partial charge in [0.2, 0.25) is 0 Å². The van der Waals surface area contributed by atoms with Crippen LogP contribution in [0.3, 0.4) is 0 Å². The Kier molecular flexibility index (Phi) is 2.91. The highest BCUT2D eigenvalue weighted by atomic mass is 14.1. The molecule has 0 aromatic heterocycles. The summed E-state index contributed by atoms with van der Waals surface area (Å²) in [5, 5.41) is 0. The van der Waals surface area contributed by atoms with Crippen molar-refractivity contribution in [3.8, 4) is 0 Å². The summed E-state index contributed by atoms with van der Waals surface area (Å²) in [5.74, 6) is 1.22. The number of rotatable bonds is 1. The average Bonchev–Trinajstić information content (AvgIpc) is 2.11. The van der Waals surface area contributed by atoms with Gasteiger partial charge in [-0.05, 0) is 24.3 Å². The molecule has 0 aromatic rings. The maximum absolute atomic E-state index is 2.34. The van der Waals surface area contributed by atoms with Crippen molar-refractivity contribution in [1.29, 1.82) is 0 Å². The Bertz CT molecular complexity index is 239. The second-order valence-corrected chi connectivity index (χ2v) is 3.92. The third-order valence-electron chi connectivity index (χ3n) is 2.19. The van der Waals surface area contributed by atoms with Crippen LogP contribution in [0.5, 0.6) is 0 Å². The van der Waals surface area contributed by atoms with Crippen molar-refractivity contribution in [3.05, 3.63) is 35.5 Å². The molecule has 1 atom stereocenters. The van der Waals surface area contributed by atoms with E-state index < -0.39 is 0 Å². The molecule has 0 heterocycles. The molecule has 1 rings (SSSR count). The average molecular weight is 162 g/mol. The minimum absolute atomic E-state index is 0.581. The third-order valence-corrected chi connectivity index (χ3v) is 2.19. The first-order valence-electron chi connectivity index (χ1n) is 4.68. The van der Waals surface area contributed by atoms with Crippen LogP contribution in [0.2, 0.25) is 0 Å². The molecule has 0 nitrogen and oxygen atoms in total. The second kappa shape index (κ2) is 3.75. The number of hydrogen-bond donors (Lipinski definition) is 0. The Labute approximate surface area is 75.7 Å². The van der Waals surface area contributed by atoms with Crippen LogP contribution in [-0.4, -0.2) is 0 Å². The molecule has 0 spiro atoms. The van der Waals surface area contributed by atoms with Gasteiger partial charge < -0.3 is 0 Å². The zero-order valence-corrected chi connectivity index (χ0v) is 8.46. The molecule has 1 aliphatic carbocycles. The van der Waals surface area contributed by atoms with Crippen molar-refractivity contribution in [2.75, 3.05) is 0 Å². The molecule has 0 aromatic carbocycles. The lowest BCUT2D eigenvalue weighted by Crippen LogP contribution is -1.92. The highest BCUT2D eigenvalue weighted by Gasteiger charge is 2.04. The minimum atomic E-state index is 0.581. The second-order valence-electron chi connectivity index (χ2n) is 3.92. The summed E-state index contributed by atoms with van der Waals surface area (Å²) >= 11 is 0. The van der Waals surface area contributed by atoms with E-state index in [1.807, 2.05) is 0 Å². The molecule has 1 aliphatic rings. The van der Waals surface area contributed by atoms with Gasteiger partial charge in [-0.1, -0.05) is 50.6 Å². The molecule has 0 N–H and O–H groups in total. The molecule has 12 heavy (non-hydrogen) atoms. The van der Waals surface area contributed by atoms with E-state index >= 15 is 0 Å². The Morgan fingerprint density at radius 1 is 1.17 bits per heavy atom. The van der Waals surface area contributed by atoms with Crippen molar-refractivity contribution in [2.24, 2.45) is 11.8 Å². The molecule has 0 radical (unpaired) electrons. The Balaban J connectivity index is 2.87. The molecule has 0 aliphatic heterocycles. The standard InChI is InChI=1S/C12H18/c1-9(2)12-6-5-10(3)7-11(4)8-12/h5-9,11H,1-4H3. The summed E-state index contributed by atoms with van der Waals surface area (Å²) in [4.78, 5) is 0. The smallest absolute Gasteiger partial charge is 0.00702 e. The molecule has 0 heteroatoms. The highest BCUT2D eigenvalue weighted by Crippen LogP contribution is 2.20. The SMILES string of the molecule is CC1=CC(C)C=C(C(C)C)C=C1. The van der Waals surface area contributed by atoms with Gasteiger partial charge in [0.05, 0.1) is 0 Å². The number of allylic oxidation sites excluding steroid dienone is 6. The molecule has 0 saturated carbocycles. The van der Waals surface area contributed by atoms with Crippen molar-refractivity contribution in [2.45, 2.75) is 27.7 Å². The summed E-state index contributed by atoms with van der Waals surface area (Å²) in [6.07, 6.45) is 9.08. The first-order chi connectivity index (χ1) is 5.59. The van der Waals surface area contributed by atoms with Gasteiger partial charge in [-0.15, -0.1) is 0 Å². The predicted molar refractivity (Wildman–Crippen MR) is 55.0 cm³/mol. The fourth-order valence-electron chi connectivity index (χ4n) is 1.49. The van der Waals surface area contributed by atoms with Gasteiger partial charge in [0.1, 0.15) is 0 Å². The van der Waals surface area contributed by atoms with Crippen molar-refractivity contribution < 1.29 is 0 Å². The van der Waals surface area contributed by atoms with Gasteiger partial charge >= 0.3 is 0 Å². The highest BCUT2D eigenvalue weighted by molar-refractivity contribution is 5.33. The molecular weight excluding hydrogens is 144 g/mol. The van der Waals surface area contributed by atoms with E-state index in [1.54, 1.807) is 0 Å². The molecule has 1 unspecified atom stereocenters. The normalized spacial score (nSPS) is 23.6.